The van der Waals surface area contributed by atoms with Crippen molar-refractivity contribution in [3.63, 3.8) is 0 Å². The number of carbonyl (C=O) groups is 1. The van der Waals surface area contributed by atoms with Crippen molar-refractivity contribution in [2.45, 2.75) is 12.5 Å². The van der Waals surface area contributed by atoms with Gasteiger partial charge in [-0.1, -0.05) is 0 Å². The molecule has 0 saturated heterocycles. The van der Waals surface area contributed by atoms with E-state index in [9.17, 15) is 9.18 Å². The summed E-state index contributed by atoms with van der Waals surface area (Å²) >= 11 is 0. The van der Waals surface area contributed by atoms with E-state index in [0.29, 0.717) is 42.5 Å². The minimum absolute atomic E-state index is 0.144. The summed E-state index contributed by atoms with van der Waals surface area (Å²) in [7, 11) is 4.81. The summed E-state index contributed by atoms with van der Waals surface area (Å²) in [5, 5.41) is 7.30. The highest BCUT2D eigenvalue weighted by atomic mass is 19.1. The molecule has 0 saturated carbocycles. The van der Waals surface area contributed by atoms with Crippen LogP contribution in [0.15, 0.2) is 42.5 Å². The summed E-state index contributed by atoms with van der Waals surface area (Å²) in [4.78, 5) is 15.1. The van der Waals surface area contributed by atoms with Crippen molar-refractivity contribution >= 4 is 5.91 Å². The number of benzene rings is 2. The molecule has 3 aromatic rings. The van der Waals surface area contributed by atoms with E-state index >= 15 is 0 Å². The van der Waals surface area contributed by atoms with Crippen molar-refractivity contribution in [3.05, 3.63) is 65.1 Å². The highest BCUT2D eigenvalue weighted by molar-refractivity contribution is 6.00. The molecule has 0 spiro atoms. The molecule has 0 bridgehead atoms. The van der Waals surface area contributed by atoms with Crippen LogP contribution in [-0.2, 0) is 4.74 Å². The van der Waals surface area contributed by atoms with Gasteiger partial charge in [0, 0.05) is 43.0 Å². The van der Waals surface area contributed by atoms with Gasteiger partial charge in [0.25, 0.3) is 5.91 Å². The Morgan fingerprint density at radius 1 is 1.10 bits per heavy atom. The van der Waals surface area contributed by atoms with Gasteiger partial charge in [0.15, 0.2) is 0 Å². The van der Waals surface area contributed by atoms with E-state index in [0.717, 1.165) is 16.7 Å². The van der Waals surface area contributed by atoms with Crippen LogP contribution in [0.3, 0.4) is 0 Å². The van der Waals surface area contributed by atoms with Crippen LogP contribution >= 0.6 is 0 Å². The molecule has 1 N–H and O–H groups in total. The Balaban J connectivity index is 1.86. The minimum atomic E-state index is -0.418. The van der Waals surface area contributed by atoms with E-state index in [4.69, 9.17) is 14.2 Å². The van der Waals surface area contributed by atoms with Crippen LogP contribution in [-0.4, -0.2) is 55.5 Å². The third-order valence-electron chi connectivity index (χ3n) is 5.46. The predicted molar refractivity (Wildman–Crippen MR) is 113 cm³/mol. The van der Waals surface area contributed by atoms with Gasteiger partial charge in [0.1, 0.15) is 23.0 Å². The predicted octanol–water partition coefficient (Wildman–Crippen LogP) is 3.81. The Morgan fingerprint density at radius 2 is 1.87 bits per heavy atom. The van der Waals surface area contributed by atoms with Crippen molar-refractivity contribution in [1.29, 1.82) is 0 Å². The molecule has 1 amide bonds. The quantitative estimate of drug-likeness (QED) is 0.556. The van der Waals surface area contributed by atoms with Gasteiger partial charge < -0.3 is 19.1 Å². The monoisotopic (exact) mass is 425 g/mol. The highest BCUT2D eigenvalue weighted by Crippen LogP contribution is 2.46. The maximum atomic E-state index is 13.5. The Kier molecular flexibility index (Phi) is 5.90. The number of aromatic amines is 1. The number of methoxy groups -OCH3 is 3. The van der Waals surface area contributed by atoms with Gasteiger partial charge in [-0.15, -0.1) is 0 Å². The smallest absolute Gasteiger partial charge is 0.273 e. The minimum Gasteiger partial charge on any atom is -0.497 e. The molecule has 1 aliphatic rings. The molecule has 1 aromatic heterocycles. The number of amides is 1. The second kappa shape index (κ2) is 8.77. The first kappa shape index (κ1) is 20.9. The maximum Gasteiger partial charge on any atom is 0.273 e. The Labute approximate surface area is 179 Å². The number of halogens is 1. The van der Waals surface area contributed by atoms with Crippen LogP contribution in [0.4, 0.5) is 4.39 Å². The number of fused-ring (bicyclic) bond motifs is 1. The number of hydrogen-bond donors (Lipinski definition) is 1. The maximum absolute atomic E-state index is 13.5. The fourth-order valence-corrected chi connectivity index (χ4v) is 4.00. The number of H-pyrrole nitrogens is 1. The van der Waals surface area contributed by atoms with Gasteiger partial charge in [0.05, 0.1) is 26.0 Å². The van der Waals surface area contributed by atoms with Crippen LogP contribution < -0.4 is 9.47 Å². The molecule has 1 aliphatic heterocycles. The molecule has 31 heavy (non-hydrogen) atoms. The molecule has 0 fully saturated rings. The Hall–Kier alpha value is -3.39. The normalized spacial score (nSPS) is 15.3. The first-order valence-electron chi connectivity index (χ1n) is 9.95. The number of carbonyl (C=O) groups excluding carboxylic acids is 1. The number of hydrogen-bond acceptors (Lipinski definition) is 5. The molecule has 8 heteroatoms. The largest absolute Gasteiger partial charge is 0.497 e. The lowest BCUT2D eigenvalue weighted by atomic mass is 9.95. The number of nitrogens with zero attached hydrogens (tertiary/aromatic N) is 2. The molecule has 2 heterocycles. The first-order chi connectivity index (χ1) is 15.1. The van der Waals surface area contributed by atoms with E-state index in [1.54, 1.807) is 44.4 Å². The van der Waals surface area contributed by atoms with E-state index in [2.05, 4.69) is 10.2 Å². The molecule has 162 valence electrons. The first-order valence-corrected chi connectivity index (χ1v) is 9.95. The summed E-state index contributed by atoms with van der Waals surface area (Å²) in [5.74, 6) is 0.784. The van der Waals surface area contributed by atoms with Gasteiger partial charge >= 0.3 is 0 Å². The lowest BCUT2D eigenvalue weighted by Gasteiger charge is -2.27. The summed E-state index contributed by atoms with van der Waals surface area (Å²) in [5.41, 5.74) is 3.33. The molecule has 1 atom stereocenters. The van der Waals surface area contributed by atoms with E-state index in [1.807, 2.05) is 12.1 Å². The molecule has 2 aromatic carbocycles. The lowest BCUT2D eigenvalue weighted by Crippen LogP contribution is -2.31. The van der Waals surface area contributed by atoms with Crippen molar-refractivity contribution in [3.8, 4) is 22.8 Å². The van der Waals surface area contributed by atoms with Crippen molar-refractivity contribution in [1.82, 2.24) is 15.1 Å². The molecule has 1 unspecified atom stereocenters. The third kappa shape index (κ3) is 3.74. The topological polar surface area (TPSA) is 76.7 Å². The summed E-state index contributed by atoms with van der Waals surface area (Å²) in [6, 6.07) is 11.2. The summed E-state index contributed by atoms with van der Waals surface area (Å²) in [6.07, 6.45) is 0.681. The van der Waals surface area contributed by atoms with Gasteiger partial charge in [-0.05, 0) is 42.8 Å². The molecule has 7 nitrogen and oxygen atoms in total. The highest BCUT2D eigenvalue weighted by Gasteiger charge is 2.43. The fraction of sp³-hybridized carbons (Fsp3) is 0.304. The standard InChI is InChI=1S/C23H24FN3O4/c1-29-12-4-11-27-22(17-10-9-16(30-2)13-18(17)31-3)19-20(25-26-21(19)23(27)28)14-5-7-15(24)8-6-14/h5-10,13,22H,4,11-12H2,1-3H3,(H,25,26). The van der Waals surface area contributed by atoms with E-state index in [-0.39, 0.29) is 11.7 Å². The molecular formula is C23H24FN3O4. The average molecular weight is 425 g/mol. The zero-order valence-electron chi connectivity index (χ0n) is 17.6. The number of ether oxygens (including phenoxy) is 3. The van der Waals surface area contributed by atoms with Gasteiger partial charge in [-0.25, -0.2) is 4.39 Å². The van der Waals surface area contributed by atoms with Crippen LogP contribution in [0.1, 0.15) is 34.1 Å². The second-order valence-electron chi connectivity index (χ2n) is 7.22. The summed E-state index contributed by atoms with van der Waals surface area (Å²) < 4.78 is 29.6. The van der Waals surface area contributed by atoms with E-state index < -0.39 is 6.04 Å². The van der Waals surface area contributed by atoms with Crippen LogP contribution in [0, 0.1) is 5.82 Å². The van der Waals surface area contributed by atoms with Crippen molar-refractivity contribution in [2.24, 2.45) is 0 Å². The summed E-state index contributed by atoms with van der Waals surface area (Å²) in [6.45, 7) is 1.03. The fourth-order valence-electron chi connectivity index (χ4n) is 4.00. The molecule has 0 radical (unpaired) electrons. The van der Waals surface area contributed by atoms with Crippen LogP contribution in [0.2, 0.25) is 0 Å². The van der Waals surface area contributed by atoms with Gasteiger partial charge in [-0.2, -0.15) is 5.10 Å². The van der Waals surface area contributed by atoms with Gasteiger partial charge in [-0.3, -0.25) is 9.89 Å². The third-order valence-corrected chi connectivity index (χ3v) is 5.46. The average Bonchev–Trinajstić information content (AvgIpc) is 3.33. The van der Waals surface area contributed by atoms with Gasteiger partial charge in [0.2, 0.25) is 0 Å². The number of nitrogens with one attached hydrogen (secondary N) is 1. The SMILES string of the molecule is COCCCN1C(=O)c2[nH]nc(-c3ccc(F)cc3)c2C1c1ccc(OC)cc1OC. The molecule has 0 aliphatic carbocycles. The molecular weight excluding hydrogens is 401 g/mol. The van der Waals surface area contributed by atoms with Crippen molar-refractivity contribution in [2.75, 3.05) is 34.5 Å². The second-order valence-corrected chi connectivity index (χ2v) is 7.22. The van der Waals surface area contributed by atoms with Crippen LogP contribution in [0.5, 0.6) is 11.5 Å². The van der Waals surface area contributed by atoms with Crippen molar-refractivity contribution < 1.29 is 23.4 Å². The Bertz CT molecular complexity index is 1080. The van der Waals surface area contributed by atoms with E-state index in [1.165, 1.54) is 12.1 Å². The van der Waals surface area contributed by atoms with Crippen LogP contribution in [0.25, 0.3) is 11.3 Å². The zero-order valence-corrected chi connectivity index (χ0v) is 17.6. The number of rotatable bonds is 8. The zero-order chi connectivity index (χ0) is 22.0. The number of aromatic nitrogens is 2. The Morgan fingerprint density at radius 3 is 2.55 bits per heavy atom. The lowest BCUT2D eigenvalue weighted by molar-refractivity contribution is 0.0722. The molecule has 4 rings (SSSR count).